The molecule has 0 spiro atoms. The number of anilines is 3. The number of nitrogens with zero attached hydrogens (tertiary/aromatic N) is 3. The van der Waals surface area contributed by atoms with Gasteiger partial charge in [0.2, 0.25) is 5.95 Å². The fraction of sp³-hybridized carbons (Fsp3) is 0.562. The first kappa shape index (κ1) is 14.4. The molecule has 2 aliphatic rings. The van der Waals surface area contributed by atoms with Crippen LogP contribution in [0.2, 0.25) is 0 Å². The molecule has 122 valence electrons. The number of H-pyrrole nitrogens is 1. The second kappa shape index (κ2) is 6.16. The summed E-state index contributed by atoms with van der Waals surface area (Å²) in [6.07, 6.45) is 8.56. The lowest BCUT2D eigenvalue weighted by molar-refractivity contribution is 0.410. The summed E-state index contributed by atoms with van der Waals surface area (Å²) < 4.78 is 0. The summed E-state index contributed by atoms with van der Waals surface area (Å²) in [5.74, 6) is 2.89. The Bertz CT molecular complexity index is 656. The van der Waals surface area contributed by atoms with Crippen molar-refractivity contribution in [3.8, 4) is 0 Å². The zero-order chi connectivity index (χ0) is 15.6. The van der Waals surface area contributed by atoms with Gasteiger partial charge in [0.15, 0.2) is 5.82 Å². The van der Waals surface area contributed by atoms with Crippen LogP contribution in [0.15, 0.2) is 18.3 Å². The van der Waals surface area contributed by atoms with Crippen molar-refractivity contribution >= 4 is 17.6 Å². The molecule has 2 fully saturated rings. The van der Waals surface area contributed by atoms with Gasteiger partial charge in [0, 0.05) is 36.0 Å². The molecule has 0 aromatic carbocycles. The van der Waals surface area contributed by atoms with E-state index < -0.39 is 0 Å². The molecule has 0 unspecified atom stereocenters. The standard InChI is InChI=1S/C16H23N7/c17-11-3-5-12(6-4-11)19-16-18-8-7-14(21-16)20-15-9-13(22-23-15)10-1-2-10/h7-12H,1-6,17H2,(H3,18,19,20,21,22,23). The lowest BCUT2D eigenvalue weighted by atomic mass is 9.92. The van der Waals surface area contributed by atoms with Gasteiger partial charge in [-0.1, -0.05) is 0 Å². The second-order valence-corrected chi connectivity index (χ2v) is 6.63. The number of rotatable bonds is 5. The number of aromatic amines is 1. The first-order valence-electron chi connectivity index (χ1n) is 8.44. The van der Waals surface area contributed by atoms with Crippen LogP contribution in [0.5, 0.6) is 0 Å². The van der Waals surface area contributed by atoms with Crippen LogP contribution in [0.25, 0.3) is 0 Å². The monoisotopic (exact) mass is 313 g/mol. The summed E-state index contributed by atoms with van der Waals surface area (Å²) in [5.41, 5.74) is 7.16. The molecule has 2 aromatic heterocycles. The van der Waals surface area contributed by atoms with Crippen molar-refractivity contribution < 1.29 is 0 Å². The van der Waals surface area contributed by atoms with Gasteiger partial charge in [0.1, 0.15) is 5.82 Å². The average molecular weight is 313 g/mol. The first-order chi connectivity index (χ1) is 11.3. The van der Waals surface area contributed by atoms with E-state index >= 15 is 0 Å². The smallest absolute Gasteiger partial charge is 0.224 e. The van der Waals surface area contributed by atoms with Gasteiger partial charge in [0.25, 0.3) is 0 Å². The highest BCUT2D eigenvalue weighted by molar-refractivity contribution is 5.53. The summed E-state index contributed by atoms with van der Waals surface area (Å²) in [4.78, 5) is 8.85. The molecule has 7 nitrogen and oxygen atoms in total. The minimum atomic E-state index is 0.349. The van der Waals surface area contributed by atoms with Crippen LogP contribution >= 0.6 is 0 Å². The van der Waals surface area contributed by atoms with Crippen LogP contribution in [-0.4, -0.2) is 32.2 Å². The maximum Gasteiger partial charge on any atom is 0.224 e. The Balaban J connectivity index is 1.39. The van der Waals surface area contributed by atoms with Gasteiger partial charge < -0.3 is 16.4 Å². The van der Waals surface area contributed by atoms with Crippen LogP contribution < -0.4 is 16.4 Å². The lowest BCUT2D eigenvalue weighted by Crippen LogP contribution is -2.33. The maximum atomic E-state index is 5.95. The SMILES string of the molecule is NC1CCC(Nc2nccc(Nc3cc(C4CC4)[nH]n3)n2)CC1. The largest absolute Gasteiger partial charge is 0.351 e. The van der Waals surface area contributed by atoms with Crippen LogP contribution in [0, 0.1) is 0 Å². The Morgan fingerprint density at radius 3 is 2.70 bits per heavy atom. The second-order valence-electron chi connectivity index (χ2n) is 6.63. The van der Waals surface area contributed by atoms with Gasteiger partial charge in [-0.15, -0.1) is 0 Å². The minimum Gasteiger partial charge on any atom is -0.351 e. The molecular formula is C16H23N7. The summed E-state index contributed by atoms with van der Waals surface area (Å²) in [6, 6.07) is 4.68. The van der Waals surface area contributed by atoms with E-state index in [0.717, 1.165) is 37.3 Å². The summed E-state index contributed by atoms with van der Waals surface area (Å²) in [5, 5.41) is 14.0. The lowest BCUT2D eigenvalue weighted by Gasteiger charge is -2.26. The van der Waals surface area contributed by atoms with E-state index in [-0.39, 0.29) is 0 Å². The van der Waals surface area contributed by atoms with E-state index in [2.05, 4.69) is 36.9 Å². The fourth-order valence-corrected chi connectivity index (χ4v) is 3.08. The predicted octanol–water partition coefficient (Wildman–Crippen LogP) is 2.50. The van der Waals surface area contributed by atoms with Crippen molar-refractivity contribution in [2.45, 2.75) is 56.5 Å². The molecule has 0 radical (unpaired) electrons. The van der Waals surface area contributed by atoms with Gasteiger partial charge >= 0.3 is 0 Å². The van der Waals surface area contributed by atoms with Gasteiger partial charge in [-0.25, -0.2) is 4.98 Å². The van der Waals surface area contributed by atoms with Crippen molar-refractivity contribution in [2.75, 3.05) is 10.6 Å². The highest BCUT2D eigenvalue weighted by Crippen LogP contribution is 2.39. The molecule has 2 aliphatic carbocycles. The van der Waals surface area contributed by atoms with Crippen molar-refractivity contribution in [2.24, 2.45) is 5.73 Å². The number of nitrogens with one attached hydrogen (secondary N) is 3. The van der Waals surface area contributed by atoms with Gasteiger partial charge in [0.05, 0.1) is 0 Å². The van der Waals surface area contributed by atoms with Crippen LogP contribution in [0.3, 0.4) is 0 Å². The summed E-state index contributed by atoms with van der Waals surface area (Å²) in [7, 11) is 0. The van der Waals surface area contributed by atoms with Crippen LogP contribution in [-0.2, 0) is 0 Å². The van der Waals surface area contributed by atoms with Gasteiger partial charge in [-0.3, -0.25) is 5.10 Å². The Hall–Kier alpha value is -2.15. The minimum absolute atomic E-state index is 0.349. The molecular weight excluding hydrogens is 290 g/mol. The zero-order valence-corrected chi connectivity index (χ0v) is 13.1. The summed E-state index contributed by atoms with van der Waals surface area (Å²) in [6.45, 7) is 0. The molecule has 23 heavy (non-hydrogen) atoms. The number of nitrogens with two attached hydrogens (primary N) is 1. The van der Waals surface area contributed by atoms with Gasteiger partial charge in [-0.05, 0) is 44.6 Å². The third kappa shape index (κ3) is 3.61. The zero-order valence-electron chi connectivity index (χ0n) is 13.1. The molecule has 2 saturated carbocycles. The highest BCUT2D eigenvalue weighted by Gasteiger charge is 2.25. The molecule has 0 amide bonds. The predicted molar refractivity (Wildman–Crippen MR) is 89.7 cm³/mol. The Morgan fingerprint density at radius 1 is 1.09 bits per heavy atom. The number of hydrogen-bond donors (Lipinski definition) is 4. The van der Waals surface area contributed by atoms with Crippen molar-refractivity contribution in [1.82, 2.24) is 20.2 Å². The topological polar surface area (TPSA) is 105 Å². The third-order valence-electron chi connectivity index (χ3n) is 4.63. The van der Waals surface area contributed by atoms with E-state index in [9.17, 15) is 0 Å². The Labute approximate surface area is 135 Å². The fourth-order valence-electron chi connectivity index (χ4n) is 3.08. The normalized spacial score (nSPS) is 24.4. The summed E-state index contributed by atoms with van der Waals surface area (Å²) >= 11 is 0. The third-order valence-corrected chi connectivity index (χ3v) is 4.63. The van der Waals surface area contributed by atoms with Crippen molar-refractivity contribution in [3.05, 3.63) is 24.0 Å². The number of hydrogen-bond acceptors (Lipinski definition) is 6. The number of aromatic nitrogens is 4. The molecule has 5 N–H and O–H groups in total. The molecule has 0 aliphatic heterocycles. The van der Waals surface area contributed by atoms with Crippen LogP contribution in [0.1, 0.15) is 50.1 Å². The molecule has 0 saturated heterocycles. The highest BCUT2D eigenvalue weighted by atomic mass is 15.2. The van der Waals surface area contributed by atoms with Crippen LogP contribution in [0.4, 0.5) is 17.6 Å². The van der Waals surface area contributed by atoms with Crippen molar-refractivity contribution in [1.29, 1.82) is 0 Å². The van der Waals surface area contributed by atoms with E-state index in [1.807, 2.05) is 6.07 Å². The molecule has 0 bridgehead atoms. The maximum absolute atomic E-state index is 5.95. The first-order valence-corrected chi connectivity index (χ1v) is 8.44. The van der Waals surface area contributed by atoms with Gasteiger partial charge in [-0.2, -0.15) is 10.1 Å². The quantitative estimate of drug-likeness (QED) is 0.676. The molecule has 7 heteroatoms. The molecule has 0 atom stereocenters. The Morgan fingerprint density at radius 2 is 1.91 bits per heavy atom. The van der Waals surface area contributed by atoms with E-state index in [4.69, 9.17) is 5.73 Å². The van der Waals surface area contributed by atoms with E-state index in [0.29, 0.717) is 23.9 Å². The Kier molecular flexibility index (Phi) is 3.87. The average Bonchev–Trinajstić information content (AvgIpc) is 3.30. The van der Waals surface area contributed by atoms with E-state index in [1.165, 1.54) is 18.5 Å². The van der Waals surface area contributed by atoms with Crippen molar-refractivity contribution in [3.63, 3.8) is 0 Å². The van der Waals surface area contributed by atoms with E-state index in [1.54, 1.807) is 6.20 Å². The molecule has 4 rings (SSSR count). The molecule has 2 heterocycles. The molecule has 2 aromatic rings.